The number of nitrogens with zero attached hydrogens (tertiary/aromatic N) is 1. The first-order chi connectivity index (χ1) is 5.81. The number of halogens is 1. The average molecular weight is 184 g/mol. The van der Waals surface area contributed by atoms with Crippen LogP contribution in [0, 0.1) is 0 Å². The summed E-state index contributed by atoms with van der Waals surface area (Å²) in [6, 6.07) is 3.74. The monoisotopic (exact) mass is 183 g/mol. The summed E-state index contributed by atoms with van der Waals surface area (Å²) in [7, 11) is 1.57. The second-order valence-corrected chi connectivity index (χ2v) is 2.51. The van der Waals surface area contributed by atoms with E-state index in [1.807, 2.05) is 12.1 Å². The van der Waals surface area contributed by atoms with Crippen molar-refractivity contribution in [2.45, 2.75) is 5.88 Å². The Kier molecular flexibility index (Phi) is 3.11. The molecule has 0 bridgehead atoms. The van der Waals surface area contributed by atoms with Gasteiger partial charge in [-0.2, -0.15) is 0 Å². The largest absolute Gasteiger partial charge is 0.481 e. The summed E-state index contributed by atoms with van der Waals surface area (Å²) >= 11 is 5.66. The van der Waals surface area contributed by atoms with Crippen LogP contribution in [0.4, 0.5) is 0 Å². The molecule has 0 radical (unpaired) electrons. The zero-order valence-electron chi connectivity index (χ0n) is 6.88. The van der Waals surface area contributed by atoms with Gasteiger partial charge >= 0.3 is 0 Å². The Morgan fingerprint density at radius 1 is 1.67 bits per heavy atom. The Labute approximate surface area is 76.8 Å². The maximum Gasteiger partial charge on any atom is 0.218 e. The summed E-state index contributed by atoms with van der Waals surface area (Å²) in [6.07, 6.45) is 1.67. The fourth-order valence-corrected chi connectivity index (χ4v) is 1.08. The summed E-state index contributed by atoms with van der Waals surface area (Å²) in [6.45, 7) is 3.61. The Balaban J connectivity index is 3.10. The molecule has 1 heterocycles. The molecular formula is C9H10ClNO. The quantitative estimate of drug-likeness (QED) is 0.672. The minimum absolute atomic E-state index is 0.410. The number of rotatable bonds is 3. The molecule has 0 fully saturated rings. The highest BCUT2D eigenvalue weighted by molar-refractivity contribution is 6.17. The van der Waals surface area contributed by atoms with Crippen molar-refractivity contribution in [1.29, 1.82) is 0 Å². The number of methoxy groups -OCH3 is 1. The molecule has 0 aromatic carbocycles. The van der Waals surface area contributed by atoms with E-state index in [1.165, 1.54) is 0 Å². The molecule has 1 aromatic heterocycles. The summed E-state index contributed by atoms with van der Waals surface area (Å²) in [5.41, 5.74) is 1.69. The van der Waals surface area contributed by atoms with Crippen molar-refractivity contribution in [3.63, 3.8) is 0 Å². The van der Waals surface area contributed by atoms with Crippen LogP contribution in [0.1, 0.15) is 11.3 Å². The van der Waals surface area contributed by atoms with Crippen molar-refractivity contribution < 1.29 is 4.74 Å². The lowest BCUT2D eigenvalue weighted by atomic mass is 10.2. The van der Waals surface area contributed by atoms with Gasteiger partial charge in [0, 0.05) is 5.56 Å². The molecule has 12 heavy (non-hydrogen) atoms. The van der Waals surface area contributed by atoms with Crippen molar-refractivity contribution >= 4 is 17.7 Å². The molecule has 0 saturated heterocycles. The third-order valence-electron chi connectivity index (χ3n) is 1.51. The molecule has 0 aliphatic carbocycles. The summed E-state index contributed by atoms with van der Waals surface area (Å²) < 4.78 is 5.04. The van der Waals surface area contributed by atoms with Gasteiger partial charge in [-0.05, 0) is 12.1 Å². The van der Waals surface area contributed by atoms with E-state index in [2.05, 4.69) is 11.6 Å². The van der Waals surface area contributed by atoms with Gasteiger partial charge in [-0.1, -0.05) is 12.6 Å². The van der Waals surface area contributed by atoms with Gasteiger partial charge in [-0.25, -0.2) is 4.98 Å². The molecular weight excluding hydrogens is 174 g/mol. The molecule has 1 aromatic rings. The highest BCUT2D eigenvalue weighted by Gasteiger charge is 2.02. The van der Waals surface area contributed by atoms with E-state index in [4.69, 9.17) is 16.3 Å². The Bertz CT molecular complexity index is 286. The van der Waals surface area contributed by atoms with Gasteiger partial charge in [0.05, 0.1) is 18.7 Å². The fourth-order valence-electron chi connectivity index (χ4n) is 0.876. The van der Waals surface area contributed by atoms with Gasteiger partial charge in [0.15, 0.2) is 0 Å². The first-order valence-corrected chi connectivity index (χ1v) is 4.07. The molecule has 3 heteroatoms. The average Bonchev–Trinajstić information content (AvgIpc) is 2.16. The van der Waals surface area contributed by atoms with Gasteiger partial charge in [0.1, 0.15) is 0 Å². The molecule has 0 atom stereocenters. The van der Waals surface area contributed by atoms with Crippen molar-refractivity contribution in [3.05, 3.63) is 30.0 Å². The molecule has 1 rings (SSSR count). The molecule has 0 aliphatic heterocycles. The number of hydrogen-bond acceptors (Lipinski definition) is 2. The van der Waals surface area contributed by atoms with Crippen molar-refractivity contribution in [2.75, 3.05) is 7.11 Å². The van der Waals surface area contributed by atoms with Gasteiger partial charge in [0.25, 0.3) is 0 Å². The summed E-state index contributed by atoms with van der Waals surface area (Å²) in [5.74, 6) is 0.982. The zero-order chi connectivity index (χ0) is 8.97. The van der Waals surface area contributed by atoms with Crippen LogP contribution in [-0.4, -0.2) is 12.1 Å². The highest BCUT2D eigenvalue weighted by atomic mass is 35.5. The second-order valence-electron chi connectivity index (χ2n) is 2.24. The van der Waals surface area contributed by atoms with Gasteiger partial charge < -0.3 is 4.74 Å². The van der Waals surface area contributed by atoms with E-state index in [1.54, 1.807) is 13.2 Å². The van der Waals surface area contributed by atoms with Crippen LogP contribution >= 0.6 is 11.6 Å². The fraction of sp³-hybridized carbons (Fsp3) is 0.222. The zero-order valence-corrected chi connectivity index (χ0v) is 7.64. The highest BCUT2D eigenvalue weighted by Crippen LogP contribution is 2.17. The first kappa shape index (κ1) is 9.07. The van der Waals surface area contributed by atoms with E-state index in [0.29, 0.717) is 11.8 Å². The van der Waals surface area contributed by atoms with Crippen molar-refractivity contribution in [2.24, 2.45) is 0 Å². The lowest BCUT2D eigenvalue weighted by Gasteiger charge is -2.04. The number of ether oxygens (including phenoxy) is 1. The topological polar surface area (TPSA) is 22.1 Å². The van der Waals surface area contributed by atoms with Crippen LogP contribution in [0.5, 0.6) is 5.88 Å². The Hall–Kier alpha value is -1.02. The van der Waals surface area contributed by atoms with E-state index in [-0.39, 0.29) is 0 Å². The lowest BCUT2D eigenvalue weighted by Crippen LogP contribution is -1.94. The molecule has 2 nitrogen and oxygen atoms in total. The lowest BCUT2D eigenvalue weighted by molar-refractivity contribution is 0.394. The van der Waals surface area contributed by atoms with Crippen LogP contribution in [-0.2, 0) is 5.88 Å². The third kappa shape index (κ3) is 1.77. The molecule has 0 amide bonds. The second kappa shape index (κ2) is 4.12. The van der Waals surface area contributed by atoms with Crippen LogP contribution < -0.4 is 4.74 Å². The van der Waals surface area contributed by atoms with Crippen LogP contribution in [0.3, 0.4) is 0 Å². The number of hydrogen-bond donors (Lipinski definition) is 0. The summed E-state index contributed by atoms with van der Waals surface area (Å²) in [4.78, 5) is 4.16. The molecule has 0 aliphatic rings. The normalized spacial score (nSPS) is 9.50. The maximum atomic E-state index is 5.66. The SMILES string of the molecule is C=Cc1ccc(CCl)c(OC)n1. The predicted octanol–water partition coefficient (Wildman–Crippen LogP) is 2.47. The van der Waals surface area contributed by atoms with E-state index >= 15 is 0 Å². The van der Waals surface area contributed by atoms with E-state index in [0.717, 1.165) is 11.3 Å². The number of pyridine rings is 1. The minimum Gasteiger partial charge on any atom is -0.481 e. The maximum absolute atomic E-state index is 5.66. The van der Waals surface area contributed by atoms with E-state index in [9.17, 15) is 0 Å². The van der Waals surface area contributed by atoms with Crippen LogP contribution in [0.25, 0.3) is 6.08 Å². The summed E-state index contributed by atoms with van der Waals surface area (Å²) in [5, 5.41) is 0. The van der Waals surface area contributed by atoms with Gasteiger partial charge in [-0.15, -0.1) is 11.6 Å². The number of alkyl halides is 1. The molecule has 0 N–H and O–H groups in total. The molecule has 64 valence electrons. The third-order valence-corrected chi connectivity index (χ3v) is 1.80. The van der Waals surface area contributed by atoms with Gasteiger partial charge in [0.2, 0.25) is 5.88 Å². The van der Waals surface area contributed by atoms with E-state index < -0.39 is 0 Å². The van der Waals surface area contributed by atoms with Crippen molar-refractivity contribution in [3.8, 4) is 5.88 Å². The molecule has 0 spiro atoms. The smallest absolute Gasteiger partial charge is 0.218 e. The standard InChI is InChI=1S/C9H10ClNO/c1-3-8-5-4-7(6-10)9(11-8)12-2/h3-5H,1,6H2,2H3. The van der Waals surface area contributed by atoms with Crippen LogP contribution in [0.2, 0.25) is 0 Å². The Morgan fingerprint density at radius 3 is 2.92 bits per heavy atom. The van der Waals surface area contributed by atoms with Crippen LogP contribution in [0.15, 0.2) is 18.7 Å². The van der Waals surface area contributed by atoms with Crippen molar-refractivity contribution in [1.82, 2.24) is 4.98 Å². The molecule has 0 saturated carbocycles. The van der Waals surface area contributed by atoms with Gasteiger partial charge in [-0.3, -0.25) is 0 Å². The predicted molar refractivity (Wildman–Crippen MR) is 50.4 cm³/mol. The minimum atomic E-state index is 0.410. The Morgan fingerprint density at radius 2 is 2.42 bits per heavy atom. The molecule has 0 unspecified atom stereocenters. The first-order valence-electron chi connectivity index (χ1n) is 3.54. The number of aromatic nitrogens is 1.